The quantitative estimate of drug-likeness (QED) is 0.538. The van der Waals surface area contributed by atoms with Crippen LogP contribution in [0.15, 0.2) is 0 Å². The molecule has 0 aromatic heterocycles. The van der Waals surface area contributed by atoms with Gasteiger partial charge in [0.05, 0.1) is 11.4 Å². The fourth-order valence-corrected chi connectivity index (χ4v) is 2.78. The molecule has 0 radical (unpaired) electrons. The minimum Gasteiger partial charge on any atom is -0.387 e. The van der Waals surface area contributed by atoms with E-state index in [0.717, 1.165) is 19.4 Å². The number of rotatable bonds is 4. The molecule has 0 saturated carbocycles. The van der Waals surface area contributed by atoms with E-state index in [9.17, 15) is 0 Å². The average molecular weight is 202 g/mol. The minimum absolute atomic E-state index is 0.175. The van der Waals surface area contributed by atoms with Gasteiger partial charge in [0.1, 0.15) is 5.84 Å². The monoisotopic (exact) mass is 202 g/mol. The normalized spacial score (nSPS) is 30.3. The van der Waals surface area contributed by atoms with Crippen molar-refractivity contribution >= 4 is 17.6 Å². The van der Waals surface area contributed by atoms with Gasteiger partial charge < -0.3 is 10.5 Å². The lowest BCUT2D eigenvalue weighted by Gasteiger charge is -2.19. The molecule has 0 spiro atoms. The van der Waals surface area contributed by atoms with Crippen molar-refractivity contribution in [3.05, 3.63) is 0 Å². The Kier molecular flexibility index (Phi) is 4.06. The van der Waals surface area contributed by atoms with Gasteiger partial charge in [0.2, 0.25) is 0 Å². The molecule has 1 aliphatic heterocycles. The Morgan fingerprint density at radius 1 is 1.77 bits per heavy atom. The fraction of sp³-hybridized carbons (Fsp3) is 0.889. The molecule has 1 heterocycles. The van der Waals surface area contributed by atoms with Crippen LogP contribution in [0.1, 0.15) is 26.7 Å². The summed E-state index contributed by atoms with van der Waals surface area (Å²) in [6.45, 7) is 5.02. The number of amidine groups is 1. The highest BCUT2D eigenvalue weighted by atomic mass is 32.2. The summed E-state index contributed by atoms with van der Waals surface area (Å²) in [5.74, 6) is 0.298. The fourth-order valence-electron chi connectivity index (χ4n) is 1.49. The second-order valence-corrected chi connectivity index (χ2v) is 4.84. The van der Waals surface area contributed by atoms with Crippen molar-refractivity contribution in [3.8, 4) is 0 Å². The van der Waals surface area contributed by atoms with Crippen LogP contribution in [-0.4, -0.2) is 29.0 Å². The van der Waals surface area contributed by atoms with Crippen LogP contribution in [0.5, 0.6) is 0 Å². The second kappa shape index (κ2) is 4.86. The van der Waals surface area contributed by atoms with Gasteiger partial charge in [0.15, 0.2) is 0 Å². The zero-order valence-electron chi connectivity index (χ0n) is 8.25. The molecule has 3 unspecified atom stereocenters. The maximum atomic E-state index is 7.40. The van der Waals surface area contributed by atoms with E-state index >= 15 is 0 Å². The van der Waals surface area contributed by atoms with Crippen molar-refractivity contribution in [2.45, 2.75) is 43.3 Å². The number of thioether (sulfide) groups is 1. The average Bonchev–Trinajstić information content (AvgIpc) is 2.46. The smallest absolute Gasteiger partial charge is 0.104 e. The van der Waals surface area contributed by atoms with Crippen LogP contribution in [0.3, 0.4) is 0 Å². The Bertz CT molecular complexity index is 186. The first-order valence-corrected chi connectivity index (χ1v) is 5.70. The topological polar surface area (TPSA) is 59.1 Å². The summed E-state index contributed by atoms with van der Waals surface area (Å²) < 4.78 is 5.46. The van der Waals surface area contributed by atoms with Crippen molar-refractivity contribution in [1.82, 2.24) is 0 Å². The molecule has 0 aliphatic carbocycles. The molecule has 1 fully saturated rings. The van der Waals surface area contributed by atoms with Crippen molar-refractivity contribution in [1.29, 1.82) is 5.41 Å². The van der Waals surface area contributed by atoms with Gasteiger partial charge >= 0.3 is 0 Å². The van der Waals surface area contributed by atoms with Crippen molar-refractivity contribution in [3.63, 3.8) is 0 Å². The number of hydrogen-bond acceptors (Lipinski definition) is 3. The third kappa shape index (κ3) is 2.88. The SMILES string of the molecule is CCC(SC1CCOC1C)C(=N)N. The van der Waals surface area contributed by atoms with Gasteiger partial charge in [0, 0.05) is 11.9 Å². The zero-order chi connectivity index (χ0) is 9.84. The van der Waals surface area contributed by atoms with Crippen LogP contribution in [0, 0.1) is 5.41 Å². The van der Waals surface area contributed by atoms with Crippen LogP contribution in [0.25, 0.3) is 0 Å². The Hall–Kier alpha value is -0.220. The van der Waals surface area contributed by atoms with Gasteiger partial charge in [-0.1, -0.05) is 6.92 Å². The van der Waals surface area contributed by atoms with E-state index in [2.05, 4.69) is 13.8 Å². The Balaban J connectivity index is 2.41. The lowest BCUT2D eigenvalue weighted by atomic mass is 10.2. The van der Waals surface area contributed by atoms with Gasteiger partial charge in [-0.15, -0.1) is 11.8 Å². The molecule has 0 amide bonds. The molecular weight excluding hydrogens is 184 g/mol. The summed E-state index contributed by atoms with van der Waals surface area (Å²) in [5.41, 5.74) is 5.49. The maximum absolute atomic E-state index is 7.40. The summed E-state index contributed by atoms with van der Waals surface area (Å²) >= 11 is 1.79. The first-order chi connectivity index (χ1) is 6.15. The van der Waals surface area contributed by atoms with Crippen LogP contribution < -0.4 is 5.73 Å². The molecule has 76 valence electrons. The molecule has 3 atom stereocenters. The van der Waals surface area contributed by atoms with E-state index in [-0.39, 0.29) is 5.25 Å². The molecule has 0 bridgehead atoms. The van der Waals surface area contributed by atoms with Gasteiger partial charge in [0.25, 0.3) is 0 Å². The lowest BCUT2D eigenvalue weighted by molar-refractivity contribution is 0.127. The van der Waals surface area contributed by atoms with E-state index in [1.165, 1.54) is 0 Å². The molecule has 1 rings (SSSR count). The van der Waals surface area contributed by atoms with Crippen LogP contribution in [-0.2, 0) is 4.74 Å². The molecule has 4 heteroatoms. The molecule has 0 aromatic carbocycles. The van der Waals surface area contributed by atoms with E-state index in [1.54, 1.807) is 11.8 Å². The summed E-state index contributed by atoms with van der Waals surface area (Å²) in [4.78, 5) is 0. The molecule has 1 aliphatic rings. The number of hydrogen-bond donors (Lipinski definition) is 2. The van der Waals surface area contributed by atoms with Crippen molar-refractivity contribution < 1.29 is 4.74 Å². The minimum atomic E-state index is 0.175. The zero-order valence-corrected chi connectivity index (χ0v) is 9.06. The predicted octanol–water partition coefficient (Wildman–Crippen LogP) is 1.61. The van der Waals surface area contributed by atoms with E-state index in [1.807, 2.05) is 0 Å². The van der Waals surface area contributed by atoms with Crippen LogP contribution >= 0.6 is 11.8 Å². The Labute approximate surface area is 83.9 Å². The highest BCUT2D eigenvalue weighted by molar-refractivity contribution is 8.01. The highest BCUT2D eigenvalue weighted by Gasteiger charge is 2.27. The van der Waals surface area contributed by atoms with E-state index in [4.69, 9.17) is 15.9 Å². The molecule has 1 saturated heterocycles. The number of nitrogens with two attached hydrogens (primary N) is 1. The molecular formula is C9H18N2OS. The van der Waals surface area contributed by atoms with Gasteiger partial charge in [-0.25, -0.2) is 0 Å². The summed E-state index contributed by atoms with van der Waals surface area (Å²) in [7, 11) is 0. The molecule has 0 aromatic rings. The highest BCUT2D eigenvalue weighted by Crippen LogP contribution is 2.30. The standard InChI is InChI=1S/C9H18N2OS/c1-3-7(9(10)11)13-8-4-5-12-6(8)2/h6-8H,3-5H2,1-2H3,(H3,10,11). The molecule has 13 heavy (non-hydrogen) atoms. The lowest BCUT2D eigenvalue weighted by Crippen LogP contribution is -2.28. The van der Waals surface area contributed by atoms with E-state index in [0.29, 0.717) is 17.2 Å². The third-order valence-electron chi connectivity index (χ3n) is 2.36. The second-order valence-electron chi connectivity index (χ2n) is 3.39. The number of nitrogens with one attached hydrogen (secondary N) is 1. The molecule has 3 nitrogen and oxygen atoms in total. The van der Waals surface area contributed by atoms with Crippen LogP contribution in [0.4, 0.5) is 0 Å². The maximum Gasteiger partial charge on any atom is 0.104 e. The Morgan fingerprint density at radius 2 is 2.46 bits per heavy atom. The van der Waals surface area contributed by atoms with Crippen LogP contribution in [0.2, 0.25) is 0 Å². The summed E-state index contributed by atoms with van der Waals surface area (Å²) in [6.07, 6.45) is 2.34. The predicted molar refractivity (Wildman–Crippen MR) is 57.4 cm³/mol. The first kappa shape index (κ1) is 10.9. The largest absolute Gasteiger partial charge is 0.387 e. The third-order valence-corrected chi connectivity index (χ3v) is 4.25. The summed E-state index contributed by atoms with van der Waals surface area (Å²) in [6, 6.07) is 0. The Morgan fingerprint density at radius 3 is 2.85 bits per heavy atom. The van der Waals surface area contributed by atoms with Gasteiger partial charge in [-0.2, -0.15) is 0 Å². The van der Waals surface area contributed by atoms with Gasteiger partial charge in [-0.05, 0) is 19.8 Å². The first-order valence-electron chi connectivity index (χ1n) is 4.76. The molecule has 3 N–H and O–H groups in total. The number of ether oxygens (including phenoxy) is 1. The van der Waals surface area contributed by atoms with E-state index < -0.39 is 0 Å². The van der Waals surface area contributed by atoms with Crippen molar-refractivity contribution in [2.75, 3.05) is 6.61 Å². The summed E-state index contributed by atoms with van der Waals surface area (Å²) in [5, 5.41) is 8.09. The van der Waals surface area contributed by atoms with Crippen molar-refractivity contribution in [2.24, 2.45) is 5.73 Å². The van der Waals surface area contributed by atoms with Gasteiger partial charge in [-0.3, -0.25) is 5.41 Å².